The van der Waals surface area contributed by atoms with Gasteiger partial charge in [0.05, 0.1) is 5.56 Å². The summed E-state index contributed by atoms with van der Waals surface area (Å²) in [6.45, 7) is 3.80. The zero-order valence-corrected chi connectivity index (χ0v) is 9.08. The van der Waals surface area contributed by atoms with Gasteiger partial charge >= 0.3 is 5.97 Å². The summed E-state index contributed by atoms with van der Waals surface area (Å²) in [6.07, 6.45) is 0. The maximum absolute atomic E-state index is 11.2. The molecule has 12 heavy (non-hydrogen) atoms. The Labute approximate surface area is 85.6 Å². The van der Waals surface area contributed by atoms with Gasteiger partial charge in [-0.3, -0.25) is 0 Å². The molecule has 0 atom stereocenters. The Balaban J connectivity index is 3.21. The predicted octanol–water partition coefficient (Wildman–Crippen LogP) is 2.81. The Bertz CT molecular complexity index is 287. The van der Waals surface area contributed by atoms with Crippen molar-refractivity contribution in [2.45, 2.75) is 13.8 Å². The SMILES string of the molecule is Cc1cccc(C)c1C(=O)OI. The molecule has 0 aliphatic carbocycles. The van der Waals surface area contributed by atoms with E-state index in [1.165, 1.54) is 0 Å². The zero-order chi connectivity index (χ0) is 9.14. The van der Waals surface area contributed by atoms with Crippen LogP contribution in [0.4, 0.5) is 0 Å². The quantitative estimate of drug-likeness (QED) is 0.737. The number of halogens is 1. The van der Waals surface area contributed by atoms with Gasteiger partial charge in [-0.1, -0.05) is 18.2 Å². The molecule has 0 fully saturated rings. The molecule has 0 bridgehead atoms. The highest BCUT2D eigenvalue weighted by Gasteiger charge is 2.11. The van der Waals surface area contributed by atoms with Gasteiger partial charge in [-0.2, -0.15) is 0 Å². The van der Waals surface area contributed by atoms with Crippen molar-refractivity contribution in [1.29, 1.82) is 0 Å². The molecule has 0 aliphatic rings. The summed E-state index contributed by atoms with van der Waals surface area (Å²) >= 11 is 1.60. The van der Waals surface area contributed by atoms with Gasteiger partial charge in [0.15, 0.2) is 23.0 Å². The molecule has 1 rings (SSSR count). The minimum atomic E-state index is -0.272. The van der Waals surface area contributed by atoms with Crippen LogP contribution in [-0.4, -0.2) is 5.97 Å². The van der Waals surface area contributed by atoms with Crippen LogP contribution in [0.5, 0.6) is 0 Å². The van der Waals surface area contributed by atoms with Crippen LogP contribution in [0.2, 0.25) is 0 Å². The molecule has 1 aromatic rings. The Morgan fingerprint density at radius 2 is 1.83 bits per heavy atom. The molecule has 0 saturated heterocycles. The molecule has 2 nitrogen and oxygen atoms in total. The molecule has 3 heteroatoms. The highest BCUT2D eigenvalue weighted by molar-refractivity contribution is 14.1. The van der Waals surface area contributed by atoms with Crippen molar-refractivity contribution in [3.05, 3.63) is 34.9 Å². The van der Waals surface area contributed by atoms with Gasteiger partial charge in [-0.15, -0.1) is 0 Å². The molecule has 64 valence electrons. The first-order valence-electron chi connectivity index (χ1n) is 3.56. The number of hydrogen-bond acceptors (Lipinski definition) is 2. The lowest BCUT2D eigenvalue weighted by molar-refractivity contribution is 0.0799. The van der Waals surface area contributed by atoms with Gasteiger partial charge in [-0.05, 0) is 25.0 Å². The van der Waals surface area contributed by atoms with Gasteiger partial charge in [0.1, 0.15) is 0 Å². The molecule has 0 saturated carbocycles. The van der Waals surface area contributed by atoms with Crippen LogP contribution in [0.1, 0.15) is 21.5 Å². The number of hydrogen-bond donors (Lipinski definition) is 0. The van der Waals surface area contributed by atoms with Crippen LogP contribution < -0.4 is 0 Å². The van der Waals surface area contributed by atoms with Crippen LogP contribution >= 0.6 is 23.0 Å². The lowest BCUT2D eigenvalue weighted by Gasteiger charge is -2.04. The summed E-state index contributed by atoms with van der Waals surface area (Å²) in [5.41, 5.74) is 2.58. The van der Waals surface area contributed by atoms with Crippen LogP contribution in [-0.2, 0) is 3.07 Å². The fraction of sp³-hybridized carbons (Fsp3) is 0.222. The topological polar surface area (TPSA) is 26.3 Å². The average molecular weight is 276 g/mol. The monoisotopic (exact) mass is 276 g/mol. The minimum absolute atomic E-state index is 0.272. The van der Waals surface area contributed by atoms with Crippen LogP contribution in [0.25, 0.3) is 0 Å². The number of carbonyl (C=O) groups excluding carboxylic acids is 1. The number of aryl methyl sites for hydroxylation is 2. The van der Waals surface area contributed by atoms with Crippen molar-refractivity contribution in [1.82, 2.24) is 0 Å². The Kier molecular flexibility index (Phi) is 3.08. The number of benzene rings is 1. The first kappa shape index (κ1) is 9.51. The van der Waals surface area contributed by atoms with E-state index < -0.39 is 0 Å². The molecule has 0 spiro atoms. The van der Waals surface area contributed by atoms with E-state index in [4.69, 9.17) is 0 Å². The van der Waals surface area contributed by atoms with Crippen molar-refractivity contribution >= 4 is 29.0 Å². The smallest absolute Gasteiger partial charge is 0.348 e. The molecule has 0 aliphatic heterocycles. The lowest BCUT2D eigenvalue weighted by atomic mass is 10.0. The summed E-state index contributed by atoms with van der Waals surface area (Å²) in [5.74, 6) is -0.272. The van der Waals surface area contributed by atoms with E-state index in [0.29, 0.717) is 5.56 Å². The van der Waals surface area contributed by atoms with E-state index in [2.05, 4.69) is 3.07 Å². The van der Waals surface area contributed by atoms with E-state index in [0.717, 1.165) is 11.1 Å². The molecular formula is C9H9IO2. The second-order valence-electron chi connectivity index (χ2n) is 2.63. The summed E-state index contributed by atoms with van der Waals surface area (Å²) < 4.78 is 4.63. The fourth-order valence-corrected chi connectivity index (χ4v) is 1.40. The minimum Gasteiger partial charge on any atom is -0.391 e. The molecular weight excluding hydrogens is 267 g/mol. The third kappa shape index (κ3) is 1.77. The third-order valence-corrected chi connectivity index (χ3v) is 2.16. The van der Waals surface area contributed by atoms with Gasteiger partial charge < -0.3 is 3.07 Å². The summed E-state index contributed by atoms with van der Waals surface area (Å²) in [6, 6.07) is 5.72. The molecule has 0 N–H and O–H groups in total. The van der Waals surface area contributed by atoms with Crippen molar-refractivity contribution in [2.24, 2.45) is 0 Å². The summed E-state index contributed by atoms with van der Waals surface area (Å²) in [4.78, 5) is 11.2. The van der Waals surface area contributed by atoms with Gasteiger partial charge in [-0.25, -0.2) is 4.79 Å². The van der Waals surface area contributed by atoms with E-state index in [-0.39, 0.29) is 5.97 Å². The maximum atomic E-state index is 11.2. The van der Waals surface area contributed by atoms with Crippen molar-refractivity contribution in [2.75, 3.05) is 0 Å². The first-order chi connectivity index (χ1) is 5.66. The Hall–Kier alpha value is -0.580. The van der Waals surface area contributed by atoms with E-state index in [9.17, 15) is 4.79 Å². The molecule has 0 aromatic heterocycles. The van der Waals surface area contributed by atoms with Crippen molar-refractivity contribution in [3.8, 4) is 0 Å². The van der Waals surface area contributed by atoms with Gasteiger partial charge in [0.2, 0.25) is 0 Å². The van der Waals surface area contributed by atoms with Crippen LogP contribution in [0, 0.1) is 13.8 Å². The molecule has 1 aromatic carbocycles. The largest absolute Gasteiger partial charge is 0.391 e. The fourth-order valence-electron chi connectivity index (χ4n) is 1.18. The average Bonchev–Trinajstić information content (AvgIpc) is 2.03. The second kappa shape index (κ2) is 3.89. The molecule has 0 amide bonds. The number of carbonyl (C=O) groups is 1. The van der Waals surface area contributed by atoms with E-state index in [1.807, 2.05) is 32.0 Å². The molecule has 0 heterocycles. The predicted molar refractivity (Wildman–Crippen MR) is 55.4 cm³/mol. The van der Waals surface area contributed by atoms with Crippen molar-refractivity contribution < 1.29 is 7.86 Å². The van der Waals surface area contributed by atoms with E-state index >= 15 is 0 Å². The normalized spacial score (nSPS) is 9.58. The van der Waals surface area contributed by atoms with Crippen LogP contribution in [0.15, 0.2) is 18.2 Å². The second-order valence-corrected chi connectivity index (χ2v) is 3.07. The summed E-state index contributed by atoms with van der Waals surface area (Å²) in [5, 5.41) is 0. The number of rotatable bonds is 1. The Morgan fingerprint density at radius 3 is 2.25 bits per heavy atom. The zero-order valence-electron chi connectivity index (χ0n) is 6.93. The lowest BCUT2D eigenvalue weighted by Crippen LogP contribution is -2.03. The van der Waals surface area contributed by atoms with Crippen molar-refractivity contribution in [3.63, 3.8) is 0 Å². The Morgan fingerprint density at radius 1 is 1.33 bits per heavy atom. The van der Waals surface area contributed by atoms with Gasteiger partial charge in [0, 0.05) is 0 Å². The first-order valence-corrected chi connectivity index (χ1v) is 4.44. The van der Waals surface area contributed by atoms with Crippen LogP contribution in [0.3, 0.4) is 0 Å². The summed E-state index contributed by atoms with van der Waals surface area (Å²) in [7, 11) is 0. The maximum Gasteiger partial charge on any atom is 0.348 e. The highest BCUT2D eigenvalue weighted by atomic mass is 127. The molecule has 0 unspecified atom stereocenters. The van der Waals surface area contributed by atoms with Gasteiger partial charge in [0.25, 0.3) is 0 Å². The van der Waals surface area contributed by atoms with E-state index in [1.54, 1.807) is 23.0 Å². The molecule has 0 radical (unpaired) electrons. The highest BCUT2D eigenvalue weighted by Crippen LogP contribution is 2.15. The third-order valence-electron chi connectivity index (χ3n) is 1.76. The standard InChI is InChI=1S/C9H9IO2/c1-6-4-3-5-7(2)8(6)9(11)12-10/h3-5H,1-2H3.